The van der Waals surface area contributed by atoms with Gasteiger partial charge < -0.3 is 5.73 Å². The molecule has 0 unspecified atom stereocenters. The molecule has 0 bridgehead atoms. The van der Waals surface area contributed by atoms with Gasteiger partial charge >= 0.3 is 0 Å². The molecule has 0 aromatic carbocycles. The van der Waals surface area contributed by atoms with Crippen LogP contribution in [0.2, 0.25) is 0 Å². The van der Waals surface area contributed by atoms with Gasteiger partial charge in [-0.15, -0.1) is 0 Å². The van der Waals surface area contributed by atoms with Crippen molar-refractivity contribution in [1.82, 2.24) is 0 Å². The predicted molar refractivity (Wildman–Crippen MR) is 40.5 cm³/mol. The van der Waals surface area contributed by atoms with Crippen LogP contribution in [-0.2, 0) is 0 Å². The Hall–Kier alpha value is -1.05. The molecular weight excluding hydrogens is 112 g/mol. The highest BCUT2D eigenvalue weighted by Gasteiger charge is 1.85. The Kier molecular flexibility index (Phi) is 3.44. The van der Waals surface area contributed by atoms with Crippen LogP contribution in [0.25, 0.3) is 0 Å². The normalized spacial score (nSPS) is 11.0. The summed E-state index contributed by atoms with van der Waals surface area (Å²) in [5, 5.41) is 6.88. The van der Waals surface area contributed by atoms with Crippen LogP contribution in [0.15, 0.2) is 24.3 Å². The summed E-state index contributed by atoms with van der Waals surface area (Å²) in [4.78, 5) is 0. The molecule has 0 amide bonds. The van der Waals surface area contributed by atoms with E-state index in [-0.39, 0.29) is 5.84 Å². The Labute approximate surface area is 55.6 Å². The molecular formula is C7H12N2. The third kappa shape index (κ3) is 3.53. The number of nitrogens with one attached hydrogen (secondary N) is 1. The largest absolute Gasteiger partial charge is 0.384 e. The summed E-state index contributed by atoms with van der Waals surface area (Å²) in [6.07, 6.45) is 4.19. The first-order valence-corrected chi connectivity index (χ1v) is 2.87. The van der Waals surface area contributed by atoms with Crippen molar-refractivity contribution in [2.75, 3.05) is 0 Å². The van der Waals surface area contributed by atoms with Crippen molar-refractivity contribution in [3.63, 3.8) is 0 Å². The summed E-state index contributed by atoms with van der Waals surface area (Å²) >= 11 is 0. The molecule has 50 valence electrons. The van der Waals surface area contributed by atoms with Crippen molar-refractivity contribution in [2.45, 2.75) is 13.3 Å². The summed E-state index contributed by atoms with van der Waals surface area (Å²) in [6, 6.07) is 0. The van der Waals surface area contributed by atoms with Crippen molar-refractivity contribution in [3.8, 4) is 0 Å². The summed E-state index contributed by atoms with van der Waals surface area (Å²) in [5.41, 5.74) is 6.11. The fourth-order valence-corrected chi connectivity index (χ4v) is 0.505. The van der Waals surface area contributed by atoms with Crippen LogP contribution in [0.4, 0.5) is 0 Å². The monoisotopic (exact) mass is 124 g/mol. The zero-order valence-corrected chi connectivity index (χ0v) is 5.65. The van der Waals surface area contributed by atoms with Gasteiger partial charge in [0.15, 0.2) is 0 Å². The van der Waals surface area contributed by atoms with Gasteiger partial charge in [-0.25, -0.2) is 0 Å². The minimum Gasteiger partial charge on any atom is -0.384 e. The zero-order valence-electron chi connectivity index (χ0n) is 5.65. The number of allylic oxidation sites excluding steroid dienone is 2. The maximum absolute atomic E-state index is 6.88. The summed E-state index contributed by atoms with van der Waals surface area (Å²) < 4.78 is 0. The van der Waals surface area contributed by atoms with Crippen LogP contribution in [0, 0.1) is 5.41 Å². The molecule has 0 spiro atoms. The van der Waals surface area contributed by atoms with E-state index in [9.17, 15) is 0 Å². The maximum atomic E-state index is 6.88. The van der Waals surface area contributed by atoms with E-state index in [0.717, 1.165) is 12.0 Å². The molecule has 0 aromatic rings. The molecule has 0 saturated heterocycles. The van der Waals surface area contributed by atoms with Crippen LogP contribution >= 0.6 is 0 Å². The van der Waals surface area contributed by atoms with Gasteiger partial charge in [0.05, 0.1) is 0 Å². The van der Waals surface area contributed by atoms with E-state index < -0.39 is 0 Å². The van der Waals surface area contributed by atoms with Gasteiger partial charge in [0.2, 0.25) is 0 Å². The van der Waals surface area contributed by atoms with Gasteiger partial charge in [0.25, 0.3) is 0 Å². The molecule has 0 aliphatic rings. The lowest BCUT2D eigenvalue weighted by molar-refractivity contribution is 1.15. The molecule has 0 rings (SSSR count). The molecule has 0 radical (unpaired) electrons. The second-order valence-electron chi connectivity index (χ2n) is 1.73. The fraction of sp³-hybridized carbons (Fsp3) is 0.286. The lowest BCUT2D eigenvalue weighted by atomic mass is 10.2. The third-order valence-corrected chi connectivity index (χ3v) is 1.01. The number of rotatable bonds is 3. The number of amidine groups is 1. The standard InChI is InChI=1S/C7H12N2/c1-3-6(4-2)5-7(8)9/h3,5H,1,4H2,2H3,(H3,8,9)/b6-5+. The molecule has 2 heteroatoms. The van der Waals surface area contributed by atoms with Gasteiger partial charge in [0, 0.05) is 0 Å². The molecule has 3 N–H and O–H groups in total. The average molecular weight is 124 g/mol. The Balaban J connectivity index is 4.07. The predicted octanol–water partition coefficient (Wildman–Crippen LogP) is 1.44. The smallest absolute Gasteiger partial charge is 0.115 e. The summed E-state index contributed by atoms with van der Waals surface area (Å²) in [6.45, 7) is 5.56. The molecule has 0 fully saturated rings. The number of hydrogen-bond donors (Lipinski definition) is 2. The van der Waals surface area contributed by atoms with E-state index in [1.54, 1.807) is 12.2 Å². The topological polar surface area (TPSA) is 49.9 Å². The molecule has 0 aliphatic heterocycles. The fourth-order valence-electron chi connectivity index (χ4n) is 0.505. The minimum atomic E-state index is 0.0896. The second-order valence-corrected chi connectivity index (χ2v) is 1.73. The molecule has 0 atom stereocenters. The first-order valence-electron chi connectivity index (χ1n) is 2.87. The van der Waals surface area contributed by atoms with E-state index in [1.165, 1.54) is 0 Å². The first-order chi connectivity index (χ1) is 4.20. The molecule has 9 heavy (non-hydrogen) atoms. The lowest BCUT2D eigenvalue weighted by Crippen LogP contribution is -2.05. The number of nitrogens with two attached hydrogens (primary N) is 1. The Bertz CT molecular complexity index is 145. The van der Waals surface area contributed by atoms with Crippen LogP contribution in [-0.4, -0.2) is 5.84 Å². The first kappa shape index (κ1) is 7.95. The Morgan fingerprint density at radius 3 is 2.44 bits per heavy atom. The van der Waals surface area contributed by atoms with E-state index in [4.69, 9.17) is 11.1 Å². The number of hydrogen-bond acceptors (Lipinski definition) is 1. The van der Waals surface area contributed by atoms with Crippen LogP contribution in [0.5, 0.6) is 0 Å². The lowest BCUT2D eigenvalue weighted by Gasteiger charge is -1.92. The van der Waals surface area contributed by atoms with Crippen LogP contribution in [0.3, 0.4) is 0 Å². The Morgan fingerprint density at radius 1 is 1.78 bits per heavy atom. The van der Waals surface area contributed by atoms with Crippen molar-refractivity contribution >= 4 is 5.84 Å². The zero-order chi connectivity index (χ0) is 7.28. The molecule has 0 saturated carbocycles. The van der Waals surface area contributed by atoms with E-state index in [2.05, 4.69) is 6.58 Å². The molecule has 0 aromatic heterocycles. The van der Waals surface area contributed by atoms with Gasteiger partial charge in [-0.1, -0.05) is 19.6 Å². The third-order valence-electron chi connectivity index (χ3n) is 1.01. The summed E-state index contributed by atoms with van der Waals surface area (Å²) in [5.74, 6) is 0.0896. The quantitative estimate of drug-likeness (QED) is 0.334. The van der Waals surface area contributed by atoms with E-state index in [0.29, 0.717) is 0 Å². The summed E-state index contributed by atoms with van der Waals surface area (Å²) in [7, 11) is 0. The average Bonchev–Trinajstić information content (AvgIpc) is 1.82. The van der Waals surface area contributed by atoms with Crippen molar-refractivity contribution in [3.05, 3.63) is 24.3 Å². The second kappa shape index (κ2) is 3.89. The van der Waals surface area contributed by atoms with Crippen LogP contribution < -0.4 is 5.73 Å². The van der Waals surface area contributed by atoms with Crippen molar-refractivity contribution in [1.29, 1.82) is 5.41 Å². The van der Waals surface area contributed by atoms with E-state index in [1.807, 2.05) is 6.92 Å². The molecule has 0 heterocycles. The molecule has 2 nitrogen and oxygen atoms in total. The van der Waals surface area contributed by atoms with Crippen LogP contribution in [0.1, 0.15) is 13.3 Å². The highest BCUT2D eigenvalue weighted by Crippen LogP contribution is 1.98. The van der Waals surface area contributed by atoms with Gasteiger partial charge in [0.1, 0.15) is 5.84 Å². The van der Waals surface area contributed by atoms with Crippen molar-refractivity contribution < 1.29 is 0 Å². The van der Waals surface area contributed by atoms with Gasteiger partial charge in [-0.3, -0.25) is 5.41 Å². The highest BCUT2D eigenvalue weighted by molar-refractivity contribution is 5.89. The van der Waals surface area contributed by atoms with Crippen molar-refractivity contribution in [2.24, 2.45) is 5.73 Å². The van der Waals surface area contributed by atoms with Gasteiger partial charge in [-0.2, -0.15) is 0 Å². The van der Waals surface area contributed by atoms with E-state index >= 15 is 0 Å². The minimum absolute atomic E-state index is 0.0896. The Morgan fingerprint density at radius 2 is 2.33 bits per heavy atom. The maximum Gasteiger partial charge on any atom is 0.115 e. The highest BCUT2D eigenvalue weighted by atomic mass is 14.7. The van der Waals surface area contributed by atoms with Gasteiger partial charge in [-0.05, 0) is 18.1 Å². The molecule has 0 aliphatic carbocycles. The SMILES string of the molecule is C=C/C(=C\C(=N)N)CC.